The molecule has 0 bridgehead atoms. The van der Waals surface area contributed by atoms with E-state index in [1.54, 1.807) is 0 Å². The molecule has 0 saturated heterocycles. The van der Waals surface area contributed by atoms with Crippen molar-refractivity contribution in [3.63, 3.8) is 0 Å². The van der Waals surface area contributed by atoms with Gasteiger partial charge in [-0.3, -0.25) is 0 Å². The van der Waals surface area contributed by atoms with Crippen LogP contribution in [0.15, 0.2) is 0 Å². The van der Waals surface area contributed by atoms with Crippen LogP contribution in [0.2, 0.25) is 0 Å². The van der Waals surface area contributed by atoms with Crippen LogP contribution in [0.3, 0.4) is 0 Å². The van der Waals surface area contributed by atoms with Crippen molar-refractivity contribution in [3.05, 3.63) is 0 Å². The summed E-state index contributed by atoms with van der Waals surface area (Å²) in [5.74, 6) is 1.96. The molecule has 2 aliphatic rings. The van der Waals surface area contributed by atoms with Crippen molar-refractivity contribution < 1.29 is 0 Å². The Morgan fingerprint density at radius 3 is 2.89 bits per heavy atom. The third kappa shape index (κ3) is 0.797. The summed E-state index contributed by atoms with van der Waals surface area (Å²) in [6, 6.07) is 0. The number of halogens is 1. The molecule has 9 heavy (non-hydrogen) atoms. The Bertz CT molecular complexity index is 122. The molecule has 0 aliphatic heterocycles. The molecular weight excluding hydrogens is 132 g/mol. The molecule has 0 amide bonds. The standard InChI is InChI=1S/C8H13Cl/c9-6-8-4-2-1-3-7(8)5-8/h7H,1-6H2/t7-,8+/m1/s1. The molecule has 52 valence electrons. The average molecular weight is 145 g/mol. The van der Waals surface area contributed by atoms with E-state index in [4.69, 9.17) is 11.6 Å². The van der Waals surface area contributed by atoms with Crippen molar-refractivity contribution in [3.8, 4) is 0 Å². The second kappa shape index (κ2) is 1.88. The van der Waals surface area contributed by atoms with Crippen molar-refractivity contribution >= 4 is 11.6 Å². The quantitative estimate of drug-likeness (QED) is 0.497. The van der Waals surface area contributed by atoms with Crippen LogP contribution in [0, 0.1) is 11.3 Å². The van der Waals surface area contributed by atoms with Gasteiger partial charge in [-0.1, -0.05) is 12.8 Å². The second-order valence-electron chi connectivity index (χ2n) is 3.64. The first-order chi connectivity index (χ1) is 4.37. The summed E-state index contributed by atoms with van der Waals surface area (Å²) >= 11 is 5.86. The second-order valence-corrected chi connectivity index (χ2v) is 3.91. The lowest BCUT2D eigenvalue weighted by Crippen LogP contribution is -2.10. The summed E-state index contributed by atoms with van der Waals surface area (Å²) in [4.78, 5) is 0. The van der Waals surface area contributed by atoms with E-state index in [9.17, 15) is 0 Å². The van der Waals surface area contributed by atoms with Crippen molar-refractivity contribution in [2.24, 2.45) is 11.3 Å². The summed E-state index contributed by atoms with van der Waals surface area (Å²) in [7, 11) is 0. The van der Waals surface area contributed by atoms with Crippen molar-refractivity contribution in [2.45, 2.75) is 32.1 Å². The van der Waals surface area contributed by atoms with Crippen LogP contribution in [0.5, 0.6) is 0 Å². The van der Waals surface area contributed by atoms with E-state index in [1.165, 1.54) is 32.1 Å². The lowest BCUT2D eigenvalue weighted by molar-refractivity contribution is 0.370. The first-order valence-corrected chi connectivity index (χ1v) is 4.47. The number of rotatable bonds is 1. The minimum absolute atomic E-state index is 0.653. The maximum absolute atomic E-state index is 5.86. The molecule has 2 fully saturated rings. The molecule has 0 unspecified atom stereocenters. The molecule has 0 aromatic rings. The topological polar surface area (TPSA) is 0 Å². The Kier molecular flexibility index (Phi) is 1.26. The van der Waals surface area contributed by atoms with Crippen LogP contribution in [0.4, 0.5) is 0 Å². The number of fused-ring (bicyclic) bond motifs is 1. The molecule has 2 rings (SSSR count). The highest BCUT2D eigenvalue weighted by Crippen LogP contribution is 2.61. The van der Waals surface area contributed by atoms with Gasteiger partial charge in [-0.05, 0) is 30.6 Å². The van der Waals surface area contributed by atoms with Gasteiger partial charge in [0.05, 0.1) is 0 Å². The Morgan fingerprint density at radius 1 is 1.44 bits per heavy atom. The minimum atomic E-state index is 0.653. The molecule has 0 aromatic heterocycles. The zero-order valence-electron chi connectivity index (χ0n) is 5.70. The van der Waals surface area contributed by atoms with Crippen LogP contribution in [-0.4, -0.2) is 5.88 Å². The maximum atomic E-state index is 5.86. The van der Waals surface area contributed by atoms with Gasteiger partial charge >= 0.3 is 0 Å². The van der Waals surface area contributed by atoms with Gasteiger partial charge in [0, 0.05) is 5.88 Å². The van der Waals surface area contributed by atoms with E-state index in [2.05, 4.69) is 0 Å². The highest BCUT2D eigenvalue weighted by molar-refractivity contribution is 6.18. The van der Waals surface area contributed by atoms with E-state index in [1.807, 2.05) is 0 Å². The monoisotopic (exact) mass is 144 g/mol. The van der Waals surface area contributed by atoms with Crippen LogP contribution in [0.1, 0.15) is 32.1 Å². The molecule has 0 spiro atoms. The number of hydrogen-bond acceptors (Lipinski definition) is 0. The predicted octanol–water partition coefficient (Wildman–Crippen LogP) is 2.81. The van der Waals surface area contributed by atoms with Crippen LogP contribution in [-0.2, 0) is 0 Å². The third-order valence-corrected chi connectivity index (χ3v) is 3.63. The third-order valence-electron chi connectivity index (χ3n) is 3.10. The molecule has 2 aliphatic carbocycles. The summed E-state index contributed by atoms with van der Waals surface area (Å²) in [6.07, 6.45) is 7.22. The van der Waals surface area contributed by atoms with Crippen LogP contribution < -0.4 is 0 Å². The van der Waals surface area contributed by atoms with Gasteiger partial charge in [0.15, 0.2) is 0 Å². The highest BCUT2D eigenvalue weighted by Gasteiger charge is 2.53. The normalized spacial score (nSPS) is 48.3. The fraction of sp³-hybridized carbons (Fsp3) is 1.00. The molecule has 2 saturated carbocycles. The number of hydrogen-bond donors (Lipinski definition) is 0. The smallest absolute Gasteiger partial charge is 0.0282 e. The SMILES string of the molecule is ClC[C@@]12CCCC[C@@H]1C2. The predicted molar refractivity (Wildman–Crippen MR) is 39.7 cm³/mol. The molecular formula is C8H13Cl. The molecule has 0 N–H and O–H groups in total. The van der Waals surface area contributed by atoms with E-state index in [0.29, 0.717) is 5.41 Å². The van der Waals surface area contributed by atoms with Gasteiger partial charge in [0.1, 0.15) is 0 Å². The zero-order valence-corrected chi connectivity index (χ0v) is 6.45. The fourth-order valence-electron chi connectivity index (χ4n) is 2.24. The molecule has 0 aromatic carbocycles. The molecule has 0 nitrogen and oxygen atoms in total. The van der Waals surface area contributed by atoms with Gasteiger partial charge in [0.2, 0.25) is 0 Å². The van der Waals surface area contributed by atoms with Gasteiger partial charge < -0.3 is 0 Å². The van der Waals surface area contributed by atoms with Gasteiger partial charge in [-0.15, -0.1) is 11.6 Å². The first kappa shape index (κ1) is 6.03. The van der Waals surface area contributed by atoms with E-state index < -0.39 is 0 Å². The van der Waals surface area contributed by atoms with Gasteiger partial charge in [0.25, 0.3) is 0 Å². The minimum Gasteiger partial charge on any atom is -0.126 e. The van der Waals surface area contributed by atoms with Crippen molar-refractivity contribution in [1.82, 2.24) is 0 Å². The zero-order chi connectivity index (χ0) is 6.32. The summed E-state index contributed by atoms with van der Waals surface area (Å²) in [5, 5.41) is 0. The summed E-state index contributed by atoms with van der Waals surface area (Å²) in [6.45, 7) is 0. The Balaban J connectivity index is 2.01. The van der Waals surface area contributed by atoms with Gasteiger partial charge in [-0.2, -0.15) is 0 Å². The van der Waals surface area contributed by atoms with Crippen molar-refractivity contribution in [2.75, 3.05) is 5.88 Å². The van der Waals surface area contributed by atoms with Gasteiger partial charge in [-0.25, -0.2) is 0 Å². The molecule has 1 heteroatoms. The molecule has 0 radical (unpaired) electrons. The van der Waals surface area contributed by atoms with Crippen LogP contribution in [0.25, 0.3) is 0 Å². The summed E-state index contributed by atoms with van der Waals surface area (Å²) < 4.78 is 0. The summed E-state index contributed by atoms with van der Waals surface area (Å²) in [5.41, 5.74) is 0.653. The Hall–Kier alpha value is 0.290. The Labute approximate surface area is 61.6 Å². The fourth-order valence-corrected chi connectivity index (χ4v) is 2.71. The lowest BCUT2D eigenvalue weighted by Gasteiger charge is -2.18. The highest BCUT2D eigenvalue weighted by atomic mass is 35.5. The first-order valence-electron chi connectivity index (χ1n) is 3.93. The largest absolute Gasteiger partial charge is 0.126 e. The van der Waals surface area contributed by atoms with E-state index >= 15 is 0 Å². The molecule has 2 atom stereocenters. The maximum Gasteiger partial charge on any atom is 0.0282 e. The van der Waals surface area contributed by atoms with Crippen LogP contribution >= 0.6 is 11.6 Å². The molecule has 0 heterocycles. The van der Waals surface area contributed by atoms with E-state index in [-0.39, 0.29) is 0 Å². The van der Waals surface area contributed by atoms with Crippen molar-refractivity contribution in [1.29, 1.82) is 0 Å². The average Bonchev–Trinajstić information content (AvgIpc) is 2.62. The van der Waals surface area contributed by atoms with E-state index in [0.717, 1.165) is 11.8 Å². The Morgan fingerprint density at radius 2 is 2.33 bits per heavy atom. The lowest BCUT2D eigenvalue weighted by atomic mass is 9.90. The number of alkyl halides is 1.